The summed E-state index contributed by atoms with van der Waals surface area (Å²) in [5, 5.41) is 10.8. The van der Waals surface area contributed by atoms with Gasteiger partial charge in [-0.1, -0.05) is 47.5 Å². The molecule has 1 amide bonds. The first-order valence-corrected chi connectivity index (χ1v) is 13.5. The van der Waals surface area contributed by atoms with E-state index >= 15 is 0 Å². The Labute approximate surface area is 237 Å². The highest BCUT2D eigenvalue weighted by molar-refractivity contribution is 9.11. The normalized spacial score (nSPS) is 13.9. The maximum atomic E-state index is 13.1. The Hall–Kier alpha value is -2.50. The van der Waals surface area contributed by atoms with Gasteiger partial charge >= 0.3 is 0 Å². The summed E-state index contributed by atoms with van der Waals surface area (Å²) < 4.78 is 7.31. The van der Waals surface area contributed by atoms with E-state index in [1.807, 2.05) is 36.4 Å². The minimum atomic E-state index is -0.268. The van der Waals surface area contributed by atoms with Crippen molar-refractivity contribution in [1.82, 2.24) is 4.90 Å². The fourth-order valence-corrected chi connectivity index (χ4v) is 5.79. The predicted octanol–water partition coefficient (Wildman–Crippen LogP) is 7.35. The van der Waals surface area contributed by atoms with Gasteiger partial charge in [0.25, 0.3) is 5.91 Å². The van der Waals surface area contributed by atoms with Crippen LogP contribution in [0.25, 0.3) is 6.08 Å². The molecule has 3 aromatic rings. The second kappa shape index (κ2) is 12.2. The number of rotatable bonds is 6. The Morgan fingerprint density at radius 2 is 1.67 bits per heavy atom. The first-order chi connectivity index (χ1) is 17.4. The lowest BCUT2D eigenvalue weighted by Gasteiger charge is -2.36. The summed E-state index contributed by atoms with van der Waals surface area (Å²) >= 11 is 19.3. The summed E-state index contributed by atoms with van der Waals surface area (Å²) in [5.41, 5.74) is 2.71. The van der Waals surface area contributed by atoms with Crippen LogP contribution in [0, 0.1) is 11.3 Å². The van der Waals surface area contributed by atoms with Gasteiger partial charge in [-0.3, -0.25) is 4.79 Å². The Kier molecular flexibility index (Phi) is 8.97. The number of carbonyl (C=O) groups is 1. The molecule has 0 unspecified atom stereocenters. The van der Waals surface area contributed by atoms with E-state index in [0.29, 0.717) is 43.4 Å². The van der Waals surface area contributed by atoms with Gasteiger partial charge in [0, 0.05) is 47.5 Å². The first-order valence-electron chi connectivity index (χ1n) is 11.1. The number of nitriles is 1. The summed E-state index contributed by atoms with van der Waals surface area (Å²) in [7, 11) is 0. The lowest BCUT2D eigenvalue weighted by atomic mass is 10.1. The van der Waals surface area contributed by atoms with Crippen LogP contribution >= 0.6 is 55.1 Å². The molecule has 4 rings (SSSR count). The standard InChI is InChI=1S/C27H21Br2Cl2N3O2/c28-23-13-18(14-24(29)26(23)36-17-19-6-7-21(30)15-25(19)31)12-20(16-32)27(35)34-10-8-33(9-11-34)22-4-2-1-3-5-22/h1-7,12-15H,8-11,17H2/b20-12-. The molecular weight excluding hydrogens is 629 g/mol. The van der Waals surface area contributed by atoms with Crippen molar-refractivity contribution in [3.63, 3.8) is 0 Å². The van der Waals surface area contributed by atoms with E-state index in [0.717, 1.165) is 24.3 Å². The second-order valence-corrected chi connectivity index (χ2v) is 10.7. The molecule has 1 fully saturated rings. The number of nitrogens with zero attached hydrogens (tertiary/aromatic N) is 3. The van der Waals surface area contributed by atoms with E-state index < -0.39 is 0 Å². The first kappa shape index (κ1) is 26.6. The van der Waals surface area contributed by atoms with E-state index in [4.69, 9.17) is 27.9 Å². The number of piperazine rings is 1. The lowest BCUT2D eigenvalue weighted by Crippen LogP contribution is -2.49. The van der Waals surface area contributed by atoms with Crippen LogP contribution in [0.15, 0.2) is 75.2 Å². The van der Waals surface area contributed by atoms with Gasteiger partial charge < -0.3 is 14.5 Å². The van der Waals surface area contributed by atoms with Gasteiger partial charge in [-0.05, 0) is 79.9 Å². The number of benzene rings is 3. The molecule has 0 bridgehead atoms. The van der Waals surface area contributed by atoms with Gasteiger partial charge in [-0.15, -0.1) is 0 Å². The molecule has 1 saturated heterocycles. The Bertz CT molecular complexity index is 1310. The molecule has 36 heavy (non-hydrogen) atoms. The number of hydrogen-bond donors (Lipinski definition) is 0. The van der Waals surface area contributed by atoms with E-state index in [1.54, 1.807) is 23.1 Å². The van der Waals surface area contributed by atoms with Crippen LogP contribution in [0.2, 0.25) is 10.0 Å². The summed E-state index contributed by atoms with van der Waals surface area (Å²) in [4.78, 5) is 17.0. The number of halogens is 4. The smallest absolute Gasteiger partial charge is 0.264 e. The van der Waals surface area contributed by atoms with Crippen LogP contribution in [0.1, 0.15) is 11.1 Å². The van der Waals surface area contributed by atoms with Crippen LogP contribution in [0.4, 0.5) is 5.69 Å². The van der Waals surface area contributed by atoms with Crippen molar-refractivity contribution in [3.8, 4) is 11.8 Å². The summed E-state index contributed by atoms with van der Waals surface area (Å²) in [6.07, 6.45) is 1.60. The Morgan fingerprint density at radius 3 is 2.28 bits per heavy atom. The molecule has 0 spiro atoms. The number of anilines is 1. The van der Waals surface area contributed by atoms with E-state index in [1.165, 1.54) is 0 Å². The molecule has 1 aliphatic heterocycles. The fourth-order valence-electron chi connectivity index (χ4n) is 3.87. The quantitative estimate of drug-likeness (QED) is 0.207. The minimum absolute atomic E-state index is 0.0866. The molecule has 1 heterocycles. The van der Waals surface area contributed by atoms with E-state index in [9.17, 15) is 10.1 Å². The third-order valence-electron chi connectivity index (χ3n) is 5.76. The zero-order valence-electron chi connectivity index (χ0n) is 19.1. The number of carbonyl (C=O) groups excluding carboxylic acids is 1. The average molecular weight is 650 g/mol. The fraction of sp³-hybridized carbons (Fsp3) is 0.185. The van der Waals surface area contributed by atoms with Crippen molar-refractivity contribution < 1.29 is 9.53 Å². The summed E-state index contributed by atoms with van der Waals surface area (Å²) in [6.45, 7) is 2.80. The number of para-hydroxylation sites is 1. The highest BCUT2D eigenvalue weighted by Gasteiger charge is 2.24. The van der Waals surface area contributed by atoms with Crippen molar-refractivity contribution in [3.05, 3.63) is 96.4 Å². The molecule has 0 atom stereocenters. The molecule has 0 radical (unpaired) electrons. The van der Waals surface area contributed by atoms with Crippen molar-refractivity contribution in [2.45, 2.75) is 6.61 Å². The van der Waals surface area contributed by atoms with Crippen molar-refractivity contribution in [2.24, 2.45) is 0 Å². The zero-order valence-corrected chi connectivity index (χ0v) is 23.7. The van der Waals surface area contributed by atoms with Crippen molar-refractivity contribution in [1.29, 1.82) is 5.26 Å². The molecule has 0 N–H and O–H groups in total. The van der Waals surface area contributed by atoms with Crippen molar-refractivity contribution in [2.75, 3.05) is 31.1 Å². The van der Waals surface area contributed by atoms with Gasteiger partial charge in [-0.25, -0.2) is 0 Å². The number of hydrogen-bond acceptors (Lipinski definition) is 4. The number of ether oxygens (including phenoxy) is 1. The molecular formula is C27H21Br2Cl2N3O2. The van der Waals surface area contributed by atoms with Crippen molar-refractivity contribution >= 4 is 72.7 Å². The van der Waals surface area contributed by atoms with Crippen LogP contribution in [-0.2, 0) is 11.4 Å². The molecule has 0 saturated carbocycles. The summed E-state index contributed by atoms with van der Waals surface area (Å²) in [6, 6.07) is 21.0. The molecule has 1 aliphatic rings. The van der Waals surface area contributed by atoms with Crippen LogP contribution in [0.5, 0.6) is 5.75 Å². The third kappa shape index (κ3) is 6.43. The summed E-state index contributed by atoms with van der Waals surface area (Å²) in [5.74, 6) is 0.315. The molecule has 5 nitrogen and oxygen atoms in total. The van der Waals surface area contributed by atoms with Crippen LogP contribution in [0.3, 0.4) is 0 Å². The SMILES string of the molecule is N#C/C(=C/c1cc(Br)c(OCc2ccc(Cl)cc2Cl)c(Br)c1)C(=O)N1CCN(c2ccccc2)CC1. The van der Waals surface area contributed by atoms with Gasteiger partial charge in [0.15, 0.2) is 0 Å². The Morgan fingerprint density at radius 1 is 1.00 bits per heavy atom. The van der Waals surface area contributed by atoms with Gasteiger partial charge in [0.1, 0.15) is 24.0 Å². The van der Waals surface area contributed by atoms with Crippen LogP contribution in [-0.4, -0.2) is 37.0 Å². The Balaban J connectivity index is 1.44. The van der Waals surface area contributed by atoms with Gasteiger partial charge in [0.05, 0.1) is 8.95 Å². The van der Waals surface area contributed by atoms with E-state index in [2.05, 4.69) is 55.0 Å². The largest absolute Gasteiger partial charge is 0.486 e. The highest BCUT2D eigenvalue weighted by Crippen LogP contribution is 2.36. The molecule has 0 aromatic heterocycles. The maximum absolute atomic E-state index is 13.1. The maximum Gasteiger partial charge on any atom is 0.264 e. The molecule has 0 aliphatic carbocycles. The monoisotopic (exact) mass is 647 g/mol. The zero-order chi connectivity index (χ0) is 25.7. The predicted molar refractivity (Wildman–Crippen MR) is 151 cm³/mol. The van der Waals surface area contributed by atoms with Crippen LogP contribution < -0.4 is 9.64 Å². The highest BCUT2D eigenvalue weighted by atomic mass is 79.9. The minimum Gasteiger partial charge on any atom is -0.486 e. The average Bonchev–Trinajstić information content (AvgIpc) is 2.88. The molecule has 9 heteroatoms. The lowest BCUT2D eigenvalue weighted by molar-refractivity contribution is -0.126. The van der Waals surface area contributed by atoms with Gasteiger partial charge in [0.2, 0.25) is 0 Å². The number of amides is 1. The topological polar surface area (TPSA) is 56.6 Å². The third-order valence-corrected chi connectivity index (χ3v) is 7.52. The molecule has 184 valence electrons. The second-order valence-electron chi connectivity index (χ2n) is 8.12. The van der Waals surface area contributed by atoms with Gasteiger partial charge in [-0.2, -0.15) is 5.26 Å². The van der Waals surface area contributed by atoms with E-state index in [-0.39, 0.29) is 18.1 Å². The molecule has 3 aromatic carbocycles.